The Morgan fingerprint density at radius 1 is 1.36 bits per heavy atom. The Bertz CT molecular complexity index is 618. The Kier molecular flexibility index (Phi) is 3.66. The number of methoxy groups -OCH3 is 2. The number of carbonyl (C=O) groups excluding carboxylic acids is 2. The highest BCUT2D eigenvalue weighted by molar-refractivity contribution is 6.05. The van der Waals surface area contributed by atoms with Gasteiger partial charge in [0.1, 0.15) is 5.75 Å². The van der Waals surface area contributed by atoms with Crippen LogP contribution in [0, 0.1) is 0 Å². The first-order valence-electron chi connectivity index (χ1n) is 7.12. The average Bonchev–Trinajstić information content (AvgIpc) is 3.00. The first kappa shape index (κ1) is 14.6. The van der Waals surface area contributed by atoms with Crippen molar-refractivity contribution in [1.29, 1.82) is 0 Å². The molecule has 0 bridgehead atoms. The second-order valence-electron chi connectivity index (χ2n) is 5.34. The Balaban J connectivity index is 2.18. The zero-order valence-corrected chi connectivity index (χ0v) is 12.5. The van der Waals surface area contributed by atoms with Crippen LogP contribution in [-0.4, -0.2) is 55.0 Å². The second-order valence-corrected chi connectivity index (χ2v) is 5.34. The van der Waals surface area contributed by atoms with Gasteiger partial charge in [-0.25, -0.2) is 9.69 Å². The SMILES string of the molecule is COC(=O)N1c2cc(OC)ccc2C(=O)N2CCCC2C1O. The van der Waals surface area contributed by atoms with E-state index in [-0.39, 0.29) is 5.91 Å². The predicted molar refractivity (Wildman–Crippen MR) is 77.9 cm³/mol. The largest absolute Gasteiger partial charge is 0.497 e. The van der Waals surface area contributed by atoms with E-state index in [4.69, 9.17) is 9.47 Å². The lowest BCUT2D eigenvalue weighted by molar-refractivity contribution is 0.0502. The summed E-state index contributed by atoms with van der Waals surface area (Å²) in [4.78, 5) is 27.6. The average molecular weight is 306 g/mol. The highest BCUT2D eigenvalue weighted by Gasteiger charge is 2.44. The van der Waals surface area contributed by atoms with Gasteiger partial charge in [0.15, 0.2) is 6.23 Å². The quantitative estimate of drug-likeness (QED) is 0.843. The number of hydrogen-bond acceptors (Lipinski definition) is 5. The minimum atomic E-state index is -1.15. The molecule has 2 atom stereocenters. The summed E-state index contributed by atoms with van der Waals surface area (Å²) in [6.07, 6.45) is -0.407. The Morgan fingerprint density at radius 2 is 2.14 bits per heavy atom. The summed E-state index contributed by atoms with van der Waals surface area (Å²) >= 11 is 0. The van der Waals surface area contributed by atoms with Crippen molar-refractivity contribution in [2.75, 3.05) is 25.7 Å². The van der Waals surface area contributed by atoms with E-state index in [0.717, 1.165) is 11.3 Å². The van der Waals surface area contributed by atoms with Crippen LogP contribution in [-0.2, 0) is 4.74 Å². The fourth-order valence-electron chi connectivity index (χ4n) is 3.15. The van der Waals surface area contributed by atoms with Gasteiger partial charge in [0, 0.05) is 12.6 Å². The van der Waals surface area contributed by atoms with Gasteiger partial charge in [-0.2, -0.15) is 0 Å². The van der Waals surface area contributed by atoms with Crippen molar-refractivity contribution in [3.05, 3.63) is 23.8 Å². The van der Waals surface area contributed by atoms with Crippen LogP contribution in [0.2, 0.25) is 0 Å². The molecule has 0 spiro atoms. The number of nitrogens with zero attached hydrogens (tertiary/aromatic N) is 2. The van der Waals surface area contributed by atoms with Gasteiger partial charge in [-0.15, -0.1) is 0 Å². The van der Waals surface area contributed by atoms with Gasteiger partial charge < -0.3 is 19.5 Å². The molecule has 0 aromatic heterocycles. The summed E-state index contributed by atoms with van der Waals surface area (Å²) in [7, 11) is 2.74. The lowest BCUT2D eigenvalue weighted by Crippen LogP contribution is -2.50. The fourth-order valence-corrected chi connectivity index (χ4v) is 3.15. The van der Waals surface area contributed by atoms with Crippen molar-refractivity contribution in [3.63, 3.8) is 0 Å². The van der Waals surface area contributed by atoms with Gasteiger partial charge in [0.05, 0.1) is 31.5 Å². The number of carbonyl (C=O) groups is 2. The number of hydrogen-bond donors (Lipinski definition) is 1. The topological polar surface area (TPSA) is 79.3 Å². The van der Waals surface area contributed by atoms with E-state index in [1.807, 2.05) is 0 Å². The first-order chi connectivity index (χ1) is 10.6. The van der Waals surface area contributed by atoms with E-state index in [2.05, 4.69) is 0 Å². The molecule has 22 heavy (non-hydrogen) atoms. The third-order valence-electron chi connectivity index (χ3n) is 4.23. The monoisotopic (exact) mass is 306 g/mol. The molecule has 1 saturated heterocycles. The first-order valence-corrected chi connectivity index (χ1v) is 7.12. The number of ether oxygens (including phenoxy) is 2. The molecule has 2 aliphatic rings. The molecule has 1 N–H and O–H groups in total. The highest BCUT2D eigenvalue weighted by atomic mass is 16.5. The van der Waals surface area contributed by atoms with Crippen LogP contribution < -0.4 is 9.64 Å². The Hall–Kier alpha value is -2.28. The third kappa shape index (κ3) is 2.09. The smallest absolute Gasteiger partial charge is 0.416 e. The standard InChI is InChI=1S/C15H18N2O5/c1-21-9-5-6-10-12(8-9)17(15(20)22-2)14(19)11-4-3-7-16(11)13(10)18/h5-6,8,11,14,19H,3-4,7H2,1-2H3. The highest BCUT2D eigenvalue weighted by Crippen LogP contribution is 2.36. The van der Waals surface area contributed by atoms with Crippen molar-refractivity contribution in [2.45, 2.75) is 25.1 Å². The molecule has 0 aliphatic carbocycles. The van der Waals surface area contributed by atoms with Gasteiger partial charge in [-0.1, -0.05) is 0 Å². The van der Waals surface area contributed by atoms with Gasteiger partial charge >= 0.3 is 6.09 Å². The van der Waals surface area contributed by atoms with Crippen molar-refractivity contribution in [1.82, 2.24) is 4.90 Å². The summed E-state index contributed by atoms with van der Waals surface area (Å²) in [6, 6.07) is 4.41. The number of benzene rings is 1. The zero-order valence-electron chi connectivity index (χ0n) is 12.5. The van der Waals surface area contributed by atoms with E-state index in [9.17, 15) is 14.7 Å². The lowest BCUT2D eigenvalue weighted by Gasteiger charge is -2.31. The summed E-state index contributed by atoms with van der Waals surface area (Å²) in [5.74, 6) is 0.306. The van der Waals surface area contributed by atoms with Crippen molar-refractivity contribution in [3.8, 4) is 5.75 Å². The number of fused-ring (bicyclic) bond motifs is 2. The van der Waals surface area contributed by atoms with Crippen LogP contribution >= 0.6 is 0 Å². The number of rotatable bonds is 1. The number of aliphatic hydroxyl groups excluding tert-OH is 1. The van der Waals surface area contributed by atoms with Crippen LogP contribution in [0.15, 0.2) is 18.2 Å². The molecule has 3 rings (SSSR count). The normalized spacial score (nSPS) is 23.7. The maximum absolute atomic E-state index is 12.7. The Labute approximate surface area is 128 Å². The lowest BCUT2D eigenvalue weighted by atomic mass is 10.1. The zero-order chi connectivity index (χ0) is 15.9. The molecule has 2 unspecified atom stereocenters. The van der Waals surface area contributed by atoms with Gasteiger partial charge in [-0.3, -0.25) is 4.79 Å². The van der Waals surface area contributed by atoms with Crippen LogP contribution in [0.5, 0.6) is 5.75 Å². The van der Waals surface area contributed by atoms with E-state index in [1.54, 1.807) is 23.1 Å². The molecule has 1 fully saturated rings. The molecule has 118 valence electrons. The maximum Gasteiger partial charge on any atom is 0.416 e. The molecular weight excluding hydrogens is 288 g/mol. The molecule has 2 heterocycles. The molecule has 1 aromatic rings. The Morgan fingerprint density at radius 3 is 2.82 bits per heavy atom. The van der Waals surface area contributed by atoms with Gasteiger partial charge in [0.25, 0.3) is 5.91 Å². The molecule has 2 aliphatic heterocycles. The molecule has 0 saturated carbocycles. The predicted octanol–water partition coefficient (Wildman–Crippen LogP) is 1.20. The van der Waals surface area contributed by atoms with E-state index >= 15 is 0 Å². The second kappa shape index (κ2) is 5.49. The van der Waals surface area contributed by atoms with Crippen LogP contribution in [0.3, 0.4) is 0 Å². The van der Waals surface area contributed by atoms with Crippen molar-refractivity contribution in [2.24, 2.45) is 0 Å². The van der Waals surface area contributed by atoms with E-state index < -0.39 is 18.4 Å². The molecule has 2 amide bonds. The van der Waals surface area contributed by atoms with Gasteiger partial charge in [0.2, 0.25) is 0 Å². The summed E-state index contributed by atoms with van der Waals surface area (Å²) in [6.45, 7) is 0.570. The third-order valence-corrected chi connectivity index (χ3v) is 4.23. The number of anilines is 1. The summed E-state index contributed by atoms with van der Waals surface area (Å²) < 4.78 is 9.95. The van der Waals surface area contributed by atoms with Crippen molar-refractivity contribution < 1.29 is 24.2 Å². The van der Waals surface area contributed by atoms with E-state index in [0.29, 0.717) is 30.0 Å². The molecule has 0 radical (unpaired) electrons. The molecule has 7 heteroatoms. The molecule has 7 nitrogen and oxygen atoms in total. The maximum atomic E-state index is 12.7. The fraction of sp³-hybridized carbons (Fsp3) is 0.467. The summed E-state index contributed by atoms with van der Waals surface area (Å²) in [5, 5.41) is 10.6. The van der Waals surface area contributed by atoms with Crippen LogP contribution in [0.4, 0.5) is 10.5 Å². The van der Waals surface area contributed by atoms with E-state index in [1.165, 1.54) is 14.2 Å². The summed E-state index contributed by atoms with van der Waals surface area (Å²) in [5.41, 5.74) is 0.660. The molecular formula is C15H18N2O5. The van der Waals surface area contributed by atoms with Crippen LogP contribution in [0.1, 0.15) is 23.2 Å². The number of aliphatic hydroxyl groups is 1. The molecule has 1 aromatic carbocycles. The van der Waals surface area contributed by atoms with Crippen LogP contribution in [0.25, 0.3) is 0 Å². The van der Waals surface area contributed by atoms with Crippen molar-refractivity contribution >= 4 is 17.7 Å². The minimum Gasteiger partial charge on any atom is -0.497 e. The number of amides is 2. The van der Waals surface area contributed by atoms with Gasteiger partial charge in [-0.05, 0) is 25.0 Å². The minimum absolute atomic E-state index is 0.189.